The lowest BCUT2D eigenvalue weighted by atomic mass is 10.1. The number of thiophene rings is 1. The molecule has 3 heteroatoms. The van der Waals surface area contributed by atoms with Crippen molar-refractivity contribution in [3.8, 4) is 16.2 Å². The molecule has 0 bridgehead atoms. The van der Waals surface area contributed by atoms with Gasteiger partial charge in [0, 0.05) is 11.4 Å². The minimum Gasteiger partial charge on any atom is -0.494 e. The van der Waals surface area contributed by atoms with Crippen molar-refractivity contribution in [1.82, 2.24) is 4.90 Å². The van der Waals surface area contributed by atoms with Crippen molar-refractivity contribution in [2.24, 2.45) is 0 Å². The largest absolute Gasteiger partial charge is 0.494 e. The molecule has 0 N–H and O–H groups in total. The van der Waals surface area contributed by atoms with Crippen molar-refractivity contribution in [2.45, 2.75) is 13.3 Å². The van der Waals surface area contributed by atoms with E-state index in [4.69, 9.17) is 4.74 Å². The molecule has 0 saturated carbocycles. The number of rotatable bonds is 6. The molecule has 0 radical (unpaired) electrons. The summed E-state index contributed by atoms with van der Waals surface area (Å²) >= 11 is 1.78. The maximum Gasteiger partial charge on any atom is 0.119 e. The Labute approximate surface area is 119 Å². The molecule has 1 aromatic heterocycles. The van der Waals surface area contributed by atoms with Gasteiger partial charge < -0.3 is 9.64 Å². The van der Waals surface area contributed by atoms with E-state index in [9.17, 15) is 0 Å². The molecule has 1 heterocycles. The standard InChI is InChI=1S/C16H21NOS/c1-13-8-11-19-16(13)14-6-4-7-15(12-14)18-10-5-9-17(2)3/h4,6-8,11-12H,5,9-10H2,1-3H3. The fourth-order valence-electron chi connectivity index (χ4n) is 1.97. The van der Waals surface area contributed by atoms with Crippen LogP contribution in [0.15, 0.2) is 35.7 Å². The van der Waals surface area contributed by atoms with E-state index in [-0.39, 0.29) is 0 Å². The lowest BCUT2D eigenvalue weighted by Gasteiger charge is -2.11. The average molecular weight is 275 g/mol. The van der Waals surface area contributed by atoms with E-state index >= 15 is 0 Å². The van der Waals surface area contributed by atoms with E-state index in [1.165, 1.54) is 16.0 Å². The van der Waals surface area contributed by atoms with Crippen LogP contribution in [0.3, 0.4) is 0 Å². The molecule has 2 aromatic rings. The summed E-state index contributed by atoms with van der Waals surface area (Å²) in [5, 5.41) is 2.13. The van der Waals surface area contributed by atoms with Crippen molar-refractivity contribution in [3.63, 3.8) is 0 Å². The number of nitrogens with zero attached hydrogens (tertiary/aromatic N) is 1. The molecule has 1 aromatic carbocycles. The minimum absolute atomic E-state index is 0.769. The zero-order chi connectivity index (χ0) is 13.7. The quantitative estimate of drug-likeness (QED) is 0.737. The molecule has 0 fully saturated rings. The second-order valence-electron chi connectivity index (χ2n) is 4.97. The fourth-order valence-corrected chi connectivity index (χ4v) is 2.89. The first-order valence-corrected chi connectivity index (χ1v) is 7.47. The van der Waals surface area contributed by atoms with E-state index in [1.54, 1.807) is 11.3 Å². The van der Waals surface area contributed by atoms with Gasteiger partial charge in [-0.3, -0.25) is 0 Å². The SMILES string of the molecule is Cc1ccsc1-c1cccc(OCCCN(C)C)c1. The van der Waals surface area contributed by atoms with Crippen molar-refractivity contribution >= 4 is 11.3 Å². The molecule has 0 aliphatic rings. The van der Waals surface area contributed by atoms with Gasteiger partial charge in [0.25, 0.3) is 0 Å². The summed E-state index contributed by atoms with van der Waals surface area (Å²) in [4.78, 5) is 3.51. The molecule has 2 rings (SSSR count). The van der Waals surface area contributed by atoms with Gasteiger partial charge in [0.1, 0.15) is 5.75 Å². The smallest absolute Gasteiger partial charge is 0.119 e. The summed E-state index contributed by atoms with van der Waals surface area (Å²) in [5.74, 6) is 0.962. The first kappa shape index (κ1) is 14.1. The highest BCUT2D eigenvalue weighted by Gasteiger charge is 2.04. The lowest BCUT2D eigenvalue weighted by molar-refractivity contribution is 0.281. The number of hydrogen-bond donors (Lipinski definition) is 0. The van der Waals surface area contributed by atoms with E-state index in [1.807, 2.05) is 6.07 Å². The average Bonchev–Trinajstić information content (AvgIpc) is 2.81. The van der Waals surface area contributed by atoms with E-state index in [0.717, 1.165) is 25.3 Å². The third kappa shape index (κ3) is 4.08. The van der Waals surface area contributed by atoms with Gasteiger partial charge in [0.05, 0.1) is 6.61 Å². The maximum atomic E-state index is 5.81. The predicted molar refractivity (Wildman–Crippen MR) is 83.2 cm³/mol. The van der Waals surface area contributed by atoms with Gasteiger partial charge in [0.2, 0.25) is 0 Å². The number of ether oxygens (including phenoxy) is 1. The number of hydrogen-bond acceptors (Lipinski definition) is 3. The summed E-state index contributed by atoms with van der Waals surface area (Å²) in [6, 6.07) is 10.5. The molecule has 102 valence electrons. The highest BCUT2D eigenvalue weighted by Crippen LogP contribution is 2.31. The normalized spacial score (nSPS) is 10.9. The summed E-state index contributed by atoms with van der Waals surface area (Å²) in [6.07, 6.45) is 1.05. The molecular weight excluding hydrogens is 254 g/mol. The Balaban J connectivity index is 1.98. The van der Waals surface area contributed by atoms with Crippen LogP contribution >= 0.6 is 11.3 Å². The number of aryl methyl sites for hydroxylation is 1. The van der Waals surface area contributed by atoms with Crippen LogP contribution in [-0.4, -0.2) is 32.1 Å². The van der Waals surface area contributed by atoms with Gasteiger partial charge in [-0.2, -0.15) is 0 Å². The van der Waals surface area contributed by atoms with Crippen molar-refractivity contribution in [3.05, 3.63) is 41.3 Å². The van der Waals surface area contributed by atoms with Gasteiger partial charge >= 0.3 is 0 Å². The van der Waals surface area contributed by atoms with Crippen LogP contribution in [0.4, 0.5) is 0 Å². The van der Waals surface area contributed by atoms with Crippen LogP contribution < -0.4 is 4.74 Å². The van der Waals surface area contributed by atoms with Crippen LogP contribution in [0, 0.1) is 6.92 Å². The third-order valence-electron chi connectivity index (χ3n) is 2.98. The van der Waals surface area contributed by atoms with E-state index < -0.39 is 0 Å². The Morgan fingerprint density at radius 3 is 2.74 bits per heavy atom. The number of benzene rings is 1. The molecule has 2 nitrogen and oxygen atoms in total. The molecule has 19 heavy (non-hydrogen) atoms. The second-order valence-corrected chi connectivity index (χ2v) is 5.88. The highest BCUT2D eigenvalue weighted by atomic mass is 32.1. The molecular formula is C16H21NOS. The summed E-state index contributed by atoms with van der Waals surface area (Å²) < 4.78 is 5.81. The Kier molecular flexibility index (Phi) is 5.00. The van der Waals surface area contributed by atoms with Gasteiger partial charge in [-0.15, -0.1) is 11.3 Å². The molecule has 0 spiro atoms. The van der Waals surface area contributed by atoms with E-state index in [0.29, 0.717) is 0 Å². The Hall–Kier alpha value is -1.32. The zero-order valence-corrected chi connectivity index (χ0v) is 12.7. The summed E-state index contributed by atoms with van der Waals surface area (Å²) in [7, 11) is 4.17. The lowest BCUT2D eigenvalue weighted by Crippen LogP contribution is -2.15. The molecule has 0 unspecified atom stereocenters. The predicted octanol–water partition coefficient (Wildman–Crippen LogP) is 4.05. The summed E-state index contributed by atoms with van der Waals surface area (Å²) in [6.45, 7) is 3.98. The molecule has 0 atom stereocenters. The first-order chi connectivity index (χ1) is 9.16. The fraction of sp³-hybridized carbons (Fsp3) is 0.375. The molecule has 0 aliphatic carbocycles. The molecule has 0 amide bonds. The third-order valence-corrected chi connectivity index (χ3v) is 4.04. The van der Waals surface area contributed by atoms with Crippen molar-refractivity contribution in [2.75, 3.05) is 27.2 Å². The first-order valence-electron chi connectivity index (χ1n) is 6.59. The maximum absolute atomic E-state index is 5.81. The monoisotopic (exact) mass is 275 g/mol. The van der Waals surface area contributed by atoms with Crippen LogP contribution in [0.2, 0.25) is 0 Å². The summed E-state index contributed by atoms with van der Waals surface area (Å²) in [5.41, 5.74) is 2.58. The van der Waals surface area contributed by atoms with Crippen LogP contribution in [-0.2, 0) is 0 Å². The topological polar surface area (TPSA) is 12.5 Å². The zero-order valence-electron chi connectivity index (χ0n) is 11.8. The van der Waals surface area contributed by atoms with Crippen LogP contribution in [0.25, 0.3) is 10.4 Å². The van der Waals surface area contributed by atoms with Gasteiger partial charge in [-0.05, 0) is 62.1 Å². The Bertz CT molecular complexity index is 519. The van der Waals surface area contributed by atoms with Crippen molar-refractivity contribution in [1.29, 1.82) is 0 Å². The minimum atomic E-state index is 0.769. The van der Waals surface area contributed by atoms with E-state index in [2.05, 4.69) is 55.6 Å². The van der Waals surface area contributed by atoms with Crippen LogP contribution in [0.5, 0.6) is 5.75 Å². The molecule has 0 saturated heterocycles. The van der Waals surface area contributed by atoms with Crippen LogP contribution in [0.1, 0.15) is 12.0 Å². The molecule has 0 aliphatic heterocycles. The van der Waals surface area contributed by atoms with Crippen molar-refractivity contribution < 1.29 is 4.74 Å². The van der Waals surface area contributed by atoms with Gasteiger partial charge in [-0.25, -0.2) is 0 Å². The Morgan fingerprint density at radius 1 is 1.21 bits per heavy atom. The second kappa shape index (κ2) is 6.73. The van der Waals surface area contributed by atoms with Gasteiger partial charge in [0.15, 0.2) is 0 Å². The van der Waals surface area contributed by atoms with Gasteiger partial charge in [-0.1, -0.05) is 12.1 Å². The highest BCUT2D eigenvalue weighted by molar-refractivity contribution is 7.13. The Morgan fingerprint density at radius 2 is 2.05 bits per heavy atom.